The van der Waals surface area contributed by atoms with E-state index in [0.717, 1.165) is 6.42 Å². The van der Waals surface area contributed by atoms with E-state index in [4.69, 9.17) is 0 Å². The Morgan fingerprint density at radius 2 is 2.00 bits per heavy atom. The zero-order valence-corrected chi connectivity index (χ0v) is 12.7. The Morgan fingerprint density at radius 3 is 2.50 bits per heavy atom. The number of rotatable bonds is 8. The Balaban J connectivity index is 2.65. The number of likely N-dealkylation sites (tertiary alicyclic amines) is 1. The van der Waals surface area contributed by atoms with Crippen LogP contribution in [0.4, 0.5) is 0 Å². The lowest BCUT2D eigenvalue weighted by Crippen LogP contribution is -2.59. The maximum Gasteiger partial charge on any atom is 0.0331 e. The first-order valence-electron chi connectivity index (χ1n) is 7.72. The van der Waals surface area contributed by atoms with E-state index in [9.17, 15) is 0 Å². The van der Waals surface area contributed by atoms with Crippen LogP contribution in [0.3, 0.4) is 0 Å². The molecule has 1 aliphatic heterocycles. The molecule has 18 heavy (non-hydrogen) atoms. The van der Waals surface area contributed by atoms with E-state index >= 15 is 0 Å². The lowest BCUT2D eigenvalue weighted by atomic mass is 9.83. The maximum absolute atomic E-state index is 3.82. The molecule has 0 bridgehead atoms. The summed E-state index contributed by atoms with van der Waals surface area (Å²) < 4.78 is 0. The second-order valence-electron chi connectivity index (χ2n) is 5.82. The summed E-state index contributed by atoms with van der Waals surface area (Å²) in [5, 5.41) is 3.57. The van der Waals surface area contributed by atoms with Crippen LogP contribution in [0.5, 0.6) is 0 Å². The first kappa shape index (κ1) is 15.7. The predicted molar refractivity (Wildman–Crippen MR) is 81.0 cm³/mol. The standard InChI is InChI=1S/C16H32N2/c1-5-7-9-12-15(17-4)16(3,6-2)18-13-10-8-11-14-18/h5,15,17H,1,6-14H2,2-4H3. The first-order chi connectivity index (χ1) is 8.69. The molecule has 2 heteroatoms. The van der Waals surface area contributed by atoms with Gasteiger partial charge in [0, 0.05) is 11.6 Å². The van der Waals surface area contributed by atoms with Crippen molar-refractivity contribution in [2.24, 2.45) is 0 Å². The third-order valence-electron chi connectivity index (χ3n) is 4.79. The predicted octanol–water partition coefficient (Wildman–Crippen LogP) is 3.59. The van der Waals surface area contributed by atoms with Crippen LogP contribution in [0.2, 0.25) is 0 Å². The summed E-state index contributed by atoms with van der Waals surface area (Å²) >= 11 is 0. The highest BCUT2D eigenvalue weighted by Gasteiger charge is 2.37. The van der Waals surface area contributed by atoms with E-state index in [2.05, 4.69) is 37.7 Å². The molecule has 2 unspecified atom stereocenters. The number of likely N-dealkylation sites (N-methyl/N-ethyl adjacent to an activating group) is 1. The maximum atomic E-state index is 3.82. The van der Waals surface area contributed by atoms with Crippen molar-refractivity contribution in [1.82, 2.24) is 10.2 Å². The number of piperidine rings is 1. The molecule has 0 aromatic carbocycles. The van der Waals surface area contributed by atoms with Gasteiger partial charge in [0.15, 0.2) is 0 Å². The second kappa shape index (κ2) is 7.96. The minimum absolute atomic E-state index is 0.316. The van der Waals surface area contributed by atoms with E-state index in [1.54, 1.807) is 0 Å². The van der Waals surface area contributed by atoms with Crippen molar-refractivity contribution in [2.45, 2.75) is 70.4 Å². The fraction of sp³-hybridized carbons (Fsp3) is 0.875. The zero-order valence-electron chi connectivity index (χ0n) is 12.7. The van der Waals surface area contributed by atoms with Gasteiger partial charge in [0.1, 0.15) is 0 Å². The van der Waals surface area contributed by atoms with Crippen molar-refractivity contribution in [1.29, 1.82) is 0 Å². The fourth-order valence-electron chi connectivity index (χ4n) is 3.33. The molecule has 2 atom stereocenters. The summed E-state index contributed by atoms with van der Waals surface area (Å²) in [4.78, 5) is 2.73. The molecule has 0 aromatic rings. The van der Waals surface area contributed by atoms with E-state index in [1.807, 2.05) is 6.08 Å². The highest BCUT2D eigenvalue weighted by molar-refractivity contribution is 4.96. The Hall–Kier alpha value is -0.340. The van der Waals surface area contributed by atoms with Crippen LogP contribution in [0.1, 0.15) is 58.8 Å². The van der Waals surface area contributed by atoms with Gasteiger partial charge in [-0.25, -0.2) is 0 Å². The molecule has 1 saturated heterocycles. The summed E-state index contributed by atoms with van der Waals surface area (Å²) in [5.74, 6) is 0. The zero-order chi connectivity index (χ0) is 13.4. The Morgan fingerprint density at radius 1 is 1.33 bits per heavy atom. The third-order valence-corrected chi connectivity index (χ3v) is 4.79. The van der Waals surface area contributed by atoms with Gasteiger partial charge in [-0.3, -0.25) is 4.90 Å². The van der Waals surface area contributed by atoms with Crippen molar-refractivity contribution in [2.75, 3.05) is 20.1 Å². The van der Waals surface area contributed by atoms with Crippen molar-refractivity contribution in [3.63, 3.8) is 0 Å². The van der Waals surface area contributed by atoms with Crippen molar-refractivity contribution in [3.05, 3.63) is 12.7 Å². The van der Waals surface area contributed by atoms with Crippen LogP contribution in [0, 0.1) is 0 Å². The number of allylic oxidation sites excluding steroid dienone is 1. The topological polar surface area (TPSA) is 15.3 Å². The van der Waals surface area contributed by atoms with E-state index in [-0.39, 0.29) is 0 Å². The molecule has 0 aliphatic carbocycles. The monoisotopic (exact) mass is 252 g/mol. The van der Waals surface area contributed by atoms with Gasteiger partial charge in [0.2, 0.25) is 0 Å². The molecule has 0 radical (unpaired) electrons. The Bertz CT molecular complexity index is 233. The van der Waals surface area contributed by atoms with Gasteiger partial charge in [-0.2, -0.15) is 0 Å². The van der Waals surface area contributed by atoms with E-state index in [0.29, 0.717) is 11.6 Å². The normalized spacial score (nSPS) is 22.4. The summed E-state index contributed by atoms with van der Waals surface area (Å²) in [6.45, 7) is 11.2. The molecule has 2 nitrogen and oxygen atoms in total. The van der Waals surface area contributed by atoms with Gasteiger partial charge in [-0.15, -0.1) is 6.58 Å². The van der Waals surface area contributed by atoms with Crippen molar-refractivity contribution >= 4 is 0 Å². The fourth-order valence-corrected chi connectivity index (χ4v) is 3.33. The van der Waals surface area contributed by atoms with Gasteiger partial charge in [-0.1, -0.05) is 19.4 Å². The number of nitrogens with one attached hydrogen (secondary N) is 1. The Labute approximate surface area is 114 Å². The summed E-state index contributed by atoms with van der Waals surface area (Å²) in [6.07, 6.45) is 11.1. The molecule has 1 fully saturated rings. The SMILES string of the molecule is C=CCCCC(NC)C(C)(CC)N1CCCCC1. The molecule has 1 N–H and O–H groups in total. The molecule has 1 aliphatic rings. The number of nitrogens with zero attached hydrogens (tertiary/aromatic N) is 1. The van der Waals surface area contributed by atoms with Crippen LogP contribution in [0.25, 0.3) is 0 Å². The van der Waals surface area contributed by atoms with Crippen LogP contribution >= 0.6 is 0 Å². The minimum atomic E-state index is 0.316. The van der Waals surface area contributed by atoms with Crippen LogP contribution < -0.4 is 5.32 Å². The van der Waals surface area contributed by atoms with Crippen molar-refractivity contribution in [3.8, 4) is 0 Å². The van der Waals surface area contributed by atoms with Gasteiger partial charge >= 0.3 is 0 Å². The third kappa shape index (κ3) is 3.83. The van der Waals surface area contributed by atoms with Crippen LogP contribution in [-0.4, -0.2) is 36.6 Å². The van der Waals surface area contributed by atoms with Gasteiger partial charge in [-0.05, 0) is 65.6 Å². The van der Waals surface area contributed by atoms with Gasteiger partial charge in [0.05, 0.1) is 0 Å². The summed E-state index contributed by atoms with van der Waals surface area (Å²) in [5.41, 5.74) is 0.316. The minimum Gasteiger partial charge on any atom is -0.315 e. The molecular formula is C16H32N2. The number of hydrogen-bond acceptors (Lipinski definition) is 2. The van der Waals surface area contributed by atoms with Gasteiger partial charge in [0.25, 0.3) is 0 Å². The second-order valence-corrected chi connectivity index (χ2v) is 5.82. The Kier molecular flexibility index (Phi) is 6.95. The lowest BCUT2D eigenvalue weighted by molar-refractivity contribution is 0.0421. The molecule has 0 aromatic heterocycles. The number of hydrogen-bond donors (Lipinski definition) is 1. The quantitative estimate of drug-likeness (QED) is 0.524. The molecule has 1 rings (SSSR count). The summed E-state index contributed by atoms with van der Waals surface area (Å²) in [7, 11) is 2.12. The molecule has 106 valence electrons. The summed E-state index contributed by atoms with van der Waals surface area (Å²) in [6, 6.07) is 0.598. The highest BCUT2D eigenvalue weighted by Crippen LogP contribution is 2.29. The largest absolute Gasteiger partial charge is 0.315 e. The van der Waals surface area contributed by atoms with E-state index < -0.39 is 0 Å². The number of unbranched alkanes of at least 4 members (excludes halogenated alkanes) is 1. The molecule has 0 spiro atoms. The van der Waals surface area contributed by atoms with Gasteiger partial charge < -0.3 is 5.32 Å². The average molecular weight is 252 g/mol. The molecule has 1 heterocycles. The van der Waals surface area contributed by atoms with Crippen molar-refractivity contribution < 1.29 is 0 Å². The molecule has 0 saturated carbocycles. The molecule has 0 amide bonds. The highest BCUT2D eigenvalue weighted by atomic mass is 15.2. The first-order valence-corrected chi connectivity index (χ1v) is 7.72. The smallest absolute Gasteiger partial charge is 0.0331 e. The average Bonchev–Trinajstić information content (AvgIpc) is 2.44. The lowest BCUT2D eigenvalue weighted by Gasteiger charge is -2.48. The van der Waals surface area contributed by atoms with E-state index in [1.165, 1.54) is 51.6 Å². The molecular weight excluding hydrogens is 220 g/mol. The van der Waals surface area contributed by atoms with Crippen LogP contribution in [-0.2, 0) is 0 Å². The van der Waals surface area contributed by atoms with Crippen LogP contribution in [0.15, 0.2) is 12.7 Å².